The van der Waals surface area contributed by atoms with Crippen molar-refractivity contribution in [3.05, 3.63) is 35.9 Å². The molecule has 2 nitrogen and oxygen atoms in total. The molecule has 0 spiro atoms. The van der Waals surface area contributed by atoms with Crippen LogP contribution in [0.5, 0.6) is 0 Å². The molecule has 0 amide bonds. The molecule has 2 unspecified atom stereocenters. The first-order valence-electron chi connectivity index (χ1n) is 7.86. The van der Waals surface area contributed by atoms with Gasteiger partial charge >= 0.3 is 0 Å². The predicted molar refractivity (Wildman–Crippen MR) is 83.1 cm³/mol. The van der Waals surface area contributed by atoms with Crippen molar-refractivity contribution >= 4 is 11.6 Å². The quantitative estimate of drug-likeness (QED) is 0.782. The first kappa shape index (κ1) is 14.4. The molecule has 0 radical (unpaired) electrons. The van der Waals surface area contributed by atoms with Crippen LogP contribution in [0.2, 0.25) is 0 Å². The maximum absolute atomic E-state index is 6.50. The van der Waals surface area contributed by atoms with Crippen LogP contribution < -0.4 is 0 Å². The van der Waals surface area contributed by atoms with Crippen molar-refractivity contribution in [3.8, 4) is 0 Å². The summed E-state index contributed by atoms with van der Waals surface area (Å²) in [4.78, 5) is 2.56. The lowest BCUT2D eigenvalue weighted by molar-refractivity contribution is 0.0414. The SMILES string of the molecule is ClC1CCCCC1N1CC[C@@H](OCc2ccccc2)C1. The monoisotopic (exact) mass is 293 g/mol. The van der Waals surface area contributed by atoms with E-state index in [2.05, 4.69) is 29.2 Å². The van der Waals surface area contributed by atoms with Crippen LogP contribution in [0.3, 0.4) is 0 Å². The second-order valence-corrected chi connectivity index (χ2v) is 6.63. The summed E-state index contributed by atoms with van der Waals surface area (Å²) in [5.74, 6) is 0. The number of hydrogen-bond donors (Lipinski definition) is 0. The molecule has 20 heavy (non-hydrogen) atoms. The molecule has 0 N–H and O–H groups in total. The minimum absolute atomic E-state index is 0.344. The Bertz CT molecular complexity index is 411. The zero-order chi connectivity index (χ0) is 13.8. The fourth-order valence-electron chi connectivity index (χ4n) is 3.46. The van der Waals surface area contributed by atoms with E-state index >= 15 is 0 Å². The third kappa shape index (κ3) is 3.55. The minimum atomic E-state index is 0.344. The van der Waals surface area contributed by atoms with E-state index in [9.17, 15) is 0 Å². The molecule has 110 valence electrons. The Labute approximate surface area is 127 Å². The molecular weight excluding hydrogens is 270 g/mol. The van der Waals surface area contributed by atoms with Crippen molar-refractivity contribution in [1.82, 2.24) is 4.90 Å². The molecule has 1 aliphatic carbocycles. The van der Waals surface area contributed by atoms with Crippen LogP contribution in [-0.4, -0.2) is 35.5 Å². The van der Waals surface area contributed by atoms with Gasteiger partial charge in [-0.05, 0) is 24.8 Å². The third-order valence-electron chi connectivity index (χ3n) is 4.62. The molecule has 1 saturated heterocycles. The van der Waals surface area contributed by atoms with Crippen molar-refractivity contribution in [1.29, 1.82) is 0 Å². The average Bonchev–Trinajstić information content (AvgIpc) is 2.95. The van der Waals surface area contributed by atoms with Gasteiger partial charge in [-0.1, -0.05) is 43.2 Å². The van der Waals surface area contributed by atoms with Crippen molar-refractivity contribution < 1.29 is 4.74 Å². The van der Waals surface area contributed by atoms with E-state index in [4.69, 9.17) is 16.3 Å². The smallest absolute Gasteiger partial charge is 0.0721 e. The zero-order valence-electron chi connectivity index (χ0n) is 12.0. The fourth-order valence-corrected chi connectivity index (χ4v) is 3.90. The second-order valence-electron chi connectivity index (χ2n) is 6.07. The number of rotatable bonds is 4. The number of hydrogen-bond acceptors (Lipinski definition) is 2. The van der Waals surface area contributed by atoms with Crippen LogP contribution >= 0.6 is 11.6 Å². The molecule has 1 aliphatic heterocycles. The maximum Gasteiger partial charge on any atom is 0.0721 e. The molecule has 1 saturated carbocycles. The van der Waals surface area contributed by atoms with E-state index in [1.807, 2.05) is 6.07 Å². The predicted octanol–water partition coefficient (Wildman–Crippen LogP) is 3.83. The lowest BCUT2D eigenvalue weighted by Crippen LogP contribution is -2.42. The molecule has 3 rings (SSSR count). The highest BCUT2D eigenvalue weighted by Crippen LogP contribution is 2.30. The Kier molecular flexibility index (Phi) is 4.98. The van der Waals surface area contributed by atoms with Crippen molar-refractivity contribution in [3.63, 3.8) is 0 Å². The average molecular weight is 294 g/mol. The van der Waals surface area contributed by atoms with Gasteiger partial charge in [-0.25, -0.2) is 0 Å². The Morgan fingerprint density at radius 2 is 1.90 bits per heavy atom. The molecule has 2 fully saturated rings. The van der Waals surface area contributed by atoms with Gasteiger partial charge in [-0.15, -0.1) is 11.6 Å². The number of alkyl halides is 1. The highest BCUT2D eigenvalue weighted by molar-refractivity contribution is 6.21. The Hall–Kier alpha value is -0.570. The number of halogens is 1. The molecular formula is C17H24ClNO. The summed E-state index contributed by atoms with van der Waals surface area (Å²) in [6, 6.07) is 11.0. The Morgan fingerprint density at radius 3 is 2.70 bits per heavy atom. The third-order valence-corrected chi connectivity index (χ3v) is 5.13. The summed E-state index contributed by atoms with van der Waals surface area (Å²) in [6.07, 6.45) is 6.60. The van der Waals surface area contributed by atoms with Crippen LogP contribution in [0.1, 0.15) is 37.7 Å². The second kappa shape index (κ2) is 6.93. The van der Waals surface area contributed by atoms with Gasteiger partial charge in [0.2, 0.25) is 0 Å². The molecule has 0 aromatic heterocycles. The van der Waals surface area contributed by atoms with Gasteiger partial charge in [0, 0.05) is 24.5 Å². The van der Waals surface area contributed by atoms with Gasteiger partial charge in [0.1, 0.15) is 0 Å². The van der Waals surface area contributed by atoms with Crippen LogP contribution in [0.25, 0.3) is 0 Å². The van der Waals surface area contributed by atoms with Crippen molar-refractivity contribution in [2.24, 2.45) is 0 Å². The first-order valence-corrected chi connectivity index (χ1v) is 8.30. The van der Waals surface area contributed by atoms with E-state index in [1.165, 1.54) is 31.2 Å². The van der Waals surface area contributed by atoms with Crippen molar-refractivity contribution in [2.75, 3.05) is 13.1 Å². The summed E-state index contributed by atoms with van der Waals surface area (Å²) < 4.78 is 6.06. The fraction of sp³-hybridized carbons (Fsp3) is 0.647. The van der Waals surface area contributed by atoms with Crippen molar-refractivity contribution in [2.45, 2.75) is 56.2 Å². The summed E-state index contributed by atoms with van der Waals surface area (Å²) in [5, 5.41) is 0.344. The largest absolute Gasteiger partial charge is 0.372 e. The Morgan fingerprint density at radius 1 is 1.10 bits per heavy atom. The summed E-state index contributed by atoms with van der Waals surface area (Å²) in [6.45, 7) is 2.93. The molecule has 3 heteroatoms. The highest BCUT2D eigenvalue weighted by atomic mass is 35.5. The molecule has 1 heterocycles. The maximum atomic E-state index is 6.50. The van der Waals surface area contributed by atoms with Gasteiger partial charge in [0.05, 0.1) is 12.7 Å². The number of likely N-dealkylation sites (tertiary alicyclic amines) is 1. The van der Waals surface area contributed by atoms with E-state index in [0.717, 1.165) is 26.1 Å². The highest BCUT2D eigenvalue weighted by Gasteiger charge is 2.33. The standard InChI is InChI=1S/C17H24ClNO/c18-16-8-4-5-9-17(16)19-11-10-15(12-19)20-13-14-6-2-1-3-7-14/h1-3,6-7,15-17H,4-5,8-13H2/t15-,16?,17?/m1/s1. The van der Waals surface area contributed by atoms with E-state index in [1.54, 1.807) is 0 Å². The van der Waals surface area contributed by atoms with Crippen LogP contribution in [-0.2, 0) is 11.3 Å². The molecule has 0 bridgehead atoms. The van der Waals surface area contributed by atoms with Crippen LogP contribution in [0.15, 0.2) is 30.3 Å². The molecule has 3 atom stereocenters. The van der Waals surface area contributed by atoms with Gasteiger partial charge in [0.25, 0.3) is 0 Å². The lowest BCUT2D eigenvalue weighted by atomic mass is 9.94. The van der Waals surface area contributed by atoms with Crippen LogP contribution in [0.4, 0.5) is 0 Å². The summed E-state index contributed by atoms with van der Waals surface area (Å²) in [7, 11) is 0. The zero-order valence-corrected chi connectivity index (χ0v) is 12.8. The van der Waals surface area contributed by atoms with Gasteiger partial charge in [-0.2, -0.15) is 0 Å². The van der Waals surface area contributed by atoms with Crippen LogP contribution in [0, 0.1) is 0 Å². The summed E-state index contributed by atoms with van der Waals surface area (Å²) in [5.41, 5.74) is 1.26. The van der Waals surface area contributed by atoms with Gasteiger partial charge in [-0.3, -0.25) is 4.90 Å². The van der Waals surface area contributed by atoms with Gasteiger partial charge < -0.3 is 4.74 Å². The van der Waals surface area contributed by atoms with E-state index in [-0.39, 0.29) is 0 Å². The topological polar surface area (TPSA) is 12.5 Å². The number of nitrogens with zero attached hydrogens (tertiary/aromatic N) is 1. The Balaban J connectivity index is 1.47. The van der Waals surface area contributed by atoms with E-state index in [0.29, 0.717) is 17.5 Å². The lowest BCUT2D eigenvalue weighted by Gasteiger charge is -2.34. The normalized spacial score (nSPS) is 31.6. The molecule has 1 aromatic carbocycles. The number of benzene rings is 1. The molecule has 2 aliphatic rings. The van der Waals surface area contributed by atoms with Gasteiger partial charge in [0.15, 0.2) is 0 Å². The summed E-state index contributed by atoms with van der Waals surface area (Å²) >= 11 is 6.50. The number of ether oxygens (including phenoxy) is 1. The van der Waals surface area contributed by atoms with E-state index < -0.39 is 0 Å². The first-order chi connectivity index (χ1) is 9.83. The minimum Gasteiger partial charge on any atom is -0.372 e. The molecule has 1 aromatic rings.